The minimum absolute atomic E-state index is 0.0504. The van der Waals surface area contributed by atoms with E-state index in [0.717, 1.165) is 22.2 Å². The lowest BCUT2D eigenvalue weighted by molar-refractivity contribution is 0.405. The molecule has 0 heterocycles. The quantitative estimate of drug-likeness (QED) is 0.637. The van der Waals surface area contributed by atoms with Gasteiger partial charge >= 0.3 is 0 Å². The van der Waals surface area contributed by atoms with Crippen LogP contribution < -0.4 is 16.0 Å². The van der Waals surface area contributed by atoms with Crippen LogP contribution in [0.2, 0.25) is 0 Å². The molecule has 2 rings (SSSR count). The lowest BCUT2D eigenvalue weighted by Gasteiger charge is -2.22. The monoisotopic (exact) mass is 348 g/mol. The Labute approximate surface area is 134 Å². The van der Waals surface area contributed by atoms with E-state index in [9.17, 15) is 0 Å². The van der Waals surface area contributed by atoms with Gasteiger partial charge in [-0.05, 0) is 60.7 Å². The van der Waals surface area contributed by atoms with Crippen molar-refractivity contribution in [2.24, 2.45) is 5.84 Å². The fourth-order valence-corrected chi connectivity index (χ4v) is 3.16. The molecule has 2 aromatic rings. The smallest absolute Gasteiger partial charge is 0.122 e. The molecule has 0 aliphatic heterocycles. The summed E-state index contributed by atoms with van der Waals surface area (Å²) in [6.07, 6.45) is 0.769. The molecular formula is C17H21BrN2O. The normalized spacial score (nSPS) is 12.2. The Kier molecular flexibility index (Phi) is 5.39. The largest absolute Gasteiger partial charge is 0.496 e. The molecule has 0 fully saturated rings. The third kappa shape index (κ3) is 3.64. The van der Waals surface area contributed by atoms with E-state index >= 15 is 0 Å². The molecule has 0 bridgehead atoms. The number of methoxy groups -OCH3 is 1. The van der Waals surface area contributed by atoms with Gasteiger partial charge in [-0.25, -0.2) is 0 Å². The average molecular weight is 349 g/mol. The van der Waals surface area contributed by atoms with Gasteiger partial charge in [-0.15, -0.1) is 0 Å². The minimum atomic E-state index is 0.0504. The summed E-state index contributed by atoms with van der Waals surface area (Å²) in [4.78, 5) is 0. The van der Waals surface area contributed by atoms with Crippen molar-refractivity contribution in [2.45, 2.75) is 26.3 Å². The Morgan fingerprint density at radius 2 is 1.86 bits per heavy atom. The molecule has 112 valence electrons. The predicted octanol–water partition coefficient (Wildman–Crippen LogP) is 3.82. The lowest BCUT2D eigenvalue weighted by Crippen LogP contribution is -2.30. The molecule has 1 atom stereocenters. The Hall–Kier alpha value is -1.36. The van der Waals surface area contributed by atoms with Crippen molar-refractivity contribution in [2.75, 3.05) is 7.11 Å². The highest BCUT2D eigenvalue weighted by Gasteiger charge is 2.17. The van der Waals surface area contributed by atoms with E-state index in [1.165, 1.54) is 16.7 Å². The van der Waals surface area contributed by atoms with E-state index in [-0.39, 0.29) is 6.04 Å². The molecule has 0 spiro atoms. The number of ether oxygens (including phenoxy) is 1. The molecule has 1 unspecified atom stereocenters. The highest BCUT2D eigenvalue weighted by Crippen LogP contribution is 2.30. The zero-order valence-electron chi connectivity index (χ0n) is 12.6. The topological polar surface area (TPSA) is 47.3 Å². The van der Waals surface area contributed by atoms with E-state index in [1.807, 2.05) is 12.1 Å². The second-order valence-corrected chi connectivity index (χ2v) is 6.10. The molecule has 0 saturated carbocycles. The fraction of sp³-hybridized carbons (Fsp3) is 0.294. The lowest BCUT2D eigenvalue weighted by atomic mass is 9.92. The molecule has 0 aliphatic rings. The van der Waals surface area contributed by atoms with Crippen molar-refractivity contribution >= 4 is 15.9 Å². The molecule has 0 radical (unpaired) electrons. The minimum Gasteiger partial charge on any atom is -0.496 e. The Morgan fingerprint density at radius 1 is 1.19 bits per heavy atom. The SMILES string of the molecule is COc1ccc(Br)cc1CC(NN)c1c(C)cccc1C. The molecule has 0 saturated heterocycles. The van der Waals surface area contributed by atoms with Crippen LogP contribution in [0.3, 0.4) is 0 Å². The summed E-state index contributed by atoms with van der Waals surface area (Å²) in [5.41, 5.74) is 7.81. The number of hydrogen-bond acceptors (Lipinski definition) is 3. The summed E-state index contributed by atoms with van der Waals surface area (Å²) in [5.74, 6) is 6.70. The molecule has 4 heteroatoms. The van der Waals surface area contributed by atoms with Crippen molar-refractivity contribution < 1.29 is 4.74 Å². The Bertz CT molecular complexity index is 608. The van der Waals surface area contributed by atoms with Gasteiger partial charge in [-0.2, -0.15) is 0 Å². The maximum atomic E-state index is 5.82. The van der Waals surface area contributed by atoms with Crippen LogP contribution in [0.1, 0.15) is 28.3 Å². The van der Waals surface area contributed by atoms with Gasteiger partial charge in [0.1, 0.15) is 5.75 Å². The summed E-state index contributed by atoms with van der Waals surface area (Å²) in [7, 11) is 1.69. The van der Waals surface area contributed by atoms with Crippen LogP contribution in [0.4, 0.5) is 0 Å². The molecule has 2 aromatic carbocycles. The van der Waals surface area contributed by atoms with E-state index in [1.54, 1.807) is 7.11 Å². The third-order valence-electron chi connectivity index (χ3n) is 3.76. The number of hydrogen-bond donors (Lipinski definition) is 2. The number of halogens is 1. The molecular weight excluding hydrogens is 328 g/mol. The van der Waals surface area contributed by atoms with Gasteiger partial charge in [0, 0.05) is 4.47 Å². The molecule has 21 heavy (non-hydrogen) atoms. The van der Waals surface area contributed by atoms with Crippen LogP contribution in [-0.2, 0) is 6.42 Å². The maximum Gasteiger partial charge on any atom is 0.122 e. The standard InChI is InChI=1S/C17H21BrN2O/c1-11-5-4-6-12(2)17(11)15(20-19)10-13-9-14(18)7-8-16(13)21-3/h4-9,15,20H,10,19H2,1-3H3. The van der Waals surface area contributed by atoms with E-state index in [2.05, 4.69) is 59.5 Å². The van der Waals surface area contributed by atoms with Gasteiger partial charge in [0.2, 0.25) is 0 Å². The average Bonchev–Trinajstić information content (AvgIpc) is 2.46. The van der Waals surface area contributed by atoms with Crippen LogP contribution in [0.25, 0.3) is 0 Å². The first kappa shape index (κ1) is 16.0. The number of rotatable bonds is 5. The first-order chi connectivity index (χ1) is 10.1. The number of aryl methyl sites for hydroxylation is 2. The zero-order chi connectivity index (χ0) is 15.4. The molecule has 0 aliphatic carbocycles. The summed E-state index contributed by atoms with van der Waals surface area (Å²) < 4.78 is 6.49. The molecule has 0 aromatic heterocycles. The van der Waals surface area contributed by atoms with Gasteiger partial charge in [0.05, 0.1) is 13.2 Å². The molecule has 3 N–H and O–H groups in total. The van der Waals surface area contributed by atoms with E-state index < -0.39 is 0 Å². The summed E-state index contributed by atoms with van der Waals surface area (Å²) >= 11 is 3.52. The van der Waals surface area contributed by atoms with Gasteiger partial charge in [-0.1, -0.05) is 34.1 Å². The van der Waals surface area contributed by atoms with Crippen LogP contribution in [0.5, 0.6) is 5.75 Å². The van der Waals surface area contributed by atoms with Crippen molar-refractivity contribution in [1.82, 2.24) is 5.43 Å². The summed E-state index contributed by atoms with van der Waals surface area (Å²) in [6.45, 7) is 4.23. The maximum absolute atomic E-state index is 5.82. The fourth-order valence-electron chi connectivity index (χ4n) is 2.75. The predicted molar refractivity (Wildman–Crippen MR) is 90.4 cm³/mol. The van der Waals surface area contributed by atoms with Crippen LogP contribution >= 0.6 is 15.9 Å². The number of benzene rings is 2. The van der Waals surface area contributed by atoms with Crippen molar-refractivity contribution in [3.8, 4) is 5.75 Å². The summed E-state index contributed by atoms with van der Waals surface area (Å²) in [5, 5.41) is 0. The van der Waals surface area contributed by atoms with Gasteiger partial charge in [0.15, 0.2) is 0 Å². The van der Waals surface area contributed by atoms with Crippen molar-refractivity contribution in [3.05, 3.63) is 63.1 Å². The first-order valence-electron chi connectivity index (χ1n) is 6.91. The van der Waals surface area contributed by atoms with Crippen molar-refractivity contribution in [1.29, 1.82) is 0 Å². The van der Waals surface area contributed by atoms with E-state index in [4.69, 9.17) is 10.6 Å². The van der Waals surface area contributed by atoms with Crippen LogP contribution in [0, 0.1) is 13.8 Å². The Balaban J connectivity index is 2.38. The second-order valence-electron chi connectivity index (χ2n) is 5.19. The highest BCUT2D eigenvalue weighted by molar-refractivity contribution is 9.10. The highest BCUT2D eigenvalue weighted by atomic mass is 79.9. The van der Waals surface area contributed by atoms with Gasteiger partial charge in [-0.3, -0.25) is 11.3 Å². The van der Waals surface area contributed by atoms with Crippen LogP contribution in [0.15, 0.2) is 40.9 Å². The number of hydrazine groups is 1. The number of nitrogens with one attached hydrogen (secondary N) is 1. The second kappa shape index (κ2) is 7.07. The van der Waals surface area contributed by atoms with E-state index in [0.29, 0.717) is 0 Å². The summed E-state index contributed by atoms with van der Waals surface area (Å²) in [6, 6.07) is 12.4. The van der Waals surface area contributed by atoms with Crippen molar-refractivity contribution in [3.63, 3.8) is 0 Å². The number of nitrogens with two attached hydrogens (primary N) is 1. The molecule has 0 amide bonds. The third-order valence-corrected chi connectivity index (χ3v) is 4.25. The van der Waals surface area contributed by atoms with Crippen LogP contribution in [-0.4, -0.2) is 7.11 Å². The van der Waals surface area contributed by atoms with Gasteiger partial charge < -0.3 is 4.74 Å². The van der Waals surface area contributed by atoms with Gasteiger partial charge in [0.25, 0.3) is 0 Å². The Morgan fingerprint density at radius 3 is 2.43 bits per heavy atom. The molecule has 3 nitrogen and oxygen atoms in total. The zero-order valence-corrected chi connectivity index (χ0v) is 14.2. The first-order valence-corrected chi connectivity index (χ1v) is 7.70.